The predicted octanol–water partition coefficient (Wildman–Crippen LogP) is 6.94. The third-order valence-electron chi connectivity index (χ3n) is 10.8. The van der Waals surface area contributed by atoms with Gasteiger partial charge in [0.2, 0.25) is 0 Å². The summed E-state index contributed by atoms with van der Waals surface area (Å²) in [6.07, 6.45) is 5.13. The molecule has 11 heteroatoms. The van der Waals surface area contributed by atoms with E-state index in [2.05, 4.69) is 102 Å². The Hall–Kier alpha value is -4.45. The Morgan fingerprint density at radius 3 is 2.47 bits per heavy atom. The van der Waals surface area contributed by atoms with E-state index in [9.17, 15) is 4.79 Å². The van der Waals surface area contributed by atoms with Crippen LogP contribution in [0.3, 0.4) is 0 Å². The average Bonchev–Trinajstić information content (AvgIpc) is 3.14. The van der Waals surface area contributed by atoms with Crippen molar-refractivity contribution in [1.29, 1.82) is 0 Å². The van der Waals surface area contributed by atoms with Crippen LogP contribution >= 0.6 is 0 Å². The molecule has 6 rings (SSSR count). The first-order valence-electron chi connectivity index (χ1n) is 18.8. The fourth-order valence-corrected chi connectivity index (χ4v) is 7.70. The van der Waals surface area contributed by atoms with E-state index in [0.717, 1.165) is 72.8 Å². The normalized spacial score (nSPS) is 16.8. The van der Waals surface area contributed by atoms with Crippen molar-refractivity contribution in [3.63, 3.8) is 0 Å². The van der Waals surface area contributed by atoms with Crippen LogP contribution in [-0.4, -0.2) is 100 Å². The molecule has 0 spiro atoms. The fourth-order valence-electron chi connectivity index (χ4n) is 6.66. The van der Waals surface area contributed by atoms with Gasteiger partial charge in [0.05, 0.1) is 24.9 Å². The van der Waals surface area contributed by atoms with Crippen molar-refractivity contribution in [2.75, 3.05) is 69.8 Å². The van der Waals surface area contributed by atoms with Gasteiger partial charge in [0.15, 0.2) is 8.32 Å². The first-order valence-corrected chi connectivity index (χ1v) is 21.7. The molecule has 0 N–H and O–H groups in total. The predicted molar refractivity (Wildman–Crippen MR) is 217 cm³/mol. The lowest BCUT2D eigenvalue weighted by Crippen LogP contribution is -2.55. The number of allylic oxidation sites excluding steroid dienone is 1. The summed E-state index contributed by atoms with van der Waals surface area (Å²) in [5.74, 6) is 1.78. The molecule has 2 aliphatic rings. The van der Waals surface area contributed by atoms with Gasteiger partial charge >= 0.3 is 6.01 Å². The van der Waals surface area contributed by atoms with Crippen LogP contribution in [0, 0.1) is 0 Å². The molecule has 3 aromatic carbocycles. The van der Waals surface area contributed by atoms with E-state index in [1.807, 2.05) is 38.5 Å². The number of carbonyl (C=O) groups excluding carboxylic acids is 1. The lowest BCUT2D eigenvalue weighted by Gasteiger charge is -2.44. The Bertz CT molecular complexity index is 1880. The first kappa shape index (κ1) is 38.3. The number of anilines is 2. The van der Waals surface area contributed by atoms with Gasteiger partial charge in [-0.2, -0.15) is 9.97 Å². The van der Waals surface area contributed by atoms with E-state index in [4.69, 9.17) is 23.9 Å². The number of ether oxygens (including phenoxy) is 2. The minimum absolute atomic E-state index is 0.0582. The van der Waals surface area contributed by atoms with Crippen LogP contribution in [0.2, 0.25) is 18.1 Å². The molecule has 2 aliphatic heterocycles. The fraction of sp³-hybridized carbons (Fsp3) is 0.452. The quantitative estimate of drug-likeness (QED) is 0.0772. The second kappa shape index (κ2) is 16.7. The highest BCUT2D eigenvalue weighted by Gasteiger charge is 2.39. The molecule has 0 amide bonds. The number of hydrogen-bond acceptors (Lipinski definition) is 10. The molecule has 1 aromatic heterocycles. The summed E-state index contributed by atoms with van der Waals surface area (Å²) in [7, 11) is 2.07. The molecule has 1 fully saturated rings. The summed E-state index contributed by atoms with van der Waals surface area (Å²) in [4.78, 5) is 30.6. The van der Waals surface area contributed by atoms with Gasteiger partial charge in [-0.05, 0) is 61.7 Å². The molecule has 4 aromatic rings. The first-order chi connectivity index (χ1) is 25.4. The molecule has 10 nitrogen and oxygen atoms in total. The largest absolute Gasteiger partial charge is 0.489 e. The standard InChI is InChI=1S/C42H56N6O4Si/c1-42(2,3)53(6,7)52-31-34-28-48(22-21-46(34)19-13-24-49)40-37-18-20-47(29-38(37)43-41(44-40)50-25-23-45(4)5)39-27-35(26-33-16-11-12-17-36(33)39)51-30-32-14-9-8-10-15-32/h8-17,19,24,26-27,34H,18,20-23,25,28-31H2,1-7H3/t34-/m1/s1. The molecule has 1 atom stereocenters. The highest BCUT2D eigenvalue weighted by Crippen LogP contribution is 2.39. The van der Waals surface area contributed by atoms with Crippen molar-refractivity contribution in [3.05, 3.63) is 95.8 Å². The molecule has 0 radical (unpaired) electrons. The summed E-state index contributed by atoms with van der Waals surface area (Å²) in [6, 6.07) is 23.6. The Morgan fingerprint density at radius 1 is 0.943 bits per heavy atom. The van der Waals surface area contributed by atoms with Crippen molar-refractivity contribution in [2.45, 2.75) is 64.5 Å². The highest BCUT2D eigenvalue weighted by molar-refractivity contribution is 6.74. The summed E-state index contributed by atoms with van der Waals surface area (Å²) < 4.78 is 19.4. The van der Waals surface area contributed by atoms with Gasteiger partial charge < -0.3 is 33.5 Å². The summed E-state index contributed by atoms with van der Waals surface area (Å²) in [5.41, 5.74) is 4.42. The molecule has 0 aliphatic carbocycles. The van der Waals surface area contributed by atoms with Crippen LogP contribution in [0.5, 0.6) is 11.8 Å². The van der Waals surface area contributed by atoms with Gasteiger partial charge in [-0.15, -0.1) is 0 Å². The van der Waals surface area contributed by atoms with Crippen molar-refractivity contribution >= 4 is 36.9 Å². The number of benzene rings is 3. The average molecular weight is 737 g/mol. The van der Waals surface area contributed by atoms with Gasteiger partial charge in [-0.25, -0.2) is 0 Å². The topological polar surface area (TPSA) is 83.5 Å². The van der Waals surface area contributed by atoms with Crippen molar-refractivity contribution < 1.29 is 18.7 Å². The molecule has 282 valence electrons. The highest BCUT2D eigenvalue weighted by atomic mass is 28.4. The van der Waals surface area contributed by atoms with Gasteiger partial charge in [-0.1, -0.05) is 75.4 Å². The molecular formula is C42H56N6O4Si. The molecule has 0 saturated carbocycles. The smallest absolute Gasteiger partial charge is 0.318 e. The van der Waals surface area contributed by atoms with Crippen LogP contribution < -0.4 is 19.3 Å². The van der Waals surface area contributed by atoms with Crippen molar-refractivity contribution in [2.24, 2.45) is 0 Å². The summed E-state index contributed by atoms with van der Waals surface area (Å²) in [6.45, 7) is 17.4. The van der Waals surface area contributed by atoms with Crippen LogP contribution in [-0.2, 0) is 28.8 Å². The van der Waals surface area contributed by atoms with E-state index in [-0.39, 0.29) is 11.1 Å². The third-order valence-corrected chi connectivity index (χ3v) is 15.3. The zero-order valence-electron chi connectivity index (χ0n) is 32.5. The van der Waals surface area contributed by atoms with Gasteiger partial charge in [0, 0.05) is 61.6 Å². The Labute approximate surface area is 316 Å². The number of piperazine rings is 1. The van der Waals surface area contributed by atoms with E-state index in [1.165, 1.54) is 10.9 Å². The number of hydrogen-bond donors (Lipinski definition) is 0. The van der Waals surface area contributed by atoms with Crippen LogP contribution in [0.1, 0.15) is 37.6 Å². The van der Waals surface area contributed by atoms with Crippen molar-refractivity contribution in [1.82, 2.24) is 19.8 Å². The maximum absolute atomic E-state index is 11.3. The van der Waals surface area contributed by atoms with E-state index < -0.39 is 8.32 Å². The number of carbonyl (C=O) groups is 1. The van der Waals surface area contributed by atoms with Crippen molar-refractivity contribution in [3.8, 4) is 11.8 Å². The number of aldehydes is 1. The minimum Gasteiger partial charge on any atom is -0.489 e. The van der Waals surface area contributed by atoms with E-state index >= 15 is 0 Å². The van der Waals surface area contributed by atoms with E-state index in [0.29, 0.717) is 38.9 Å². The zero-order valence-corrected chi connectivity index (χ0v) is 33.5. The summed E-state index contributed by atoms with van der Waals surface area (Å²) in [5, 5.41) is 2.42. The number of rotatable bonds is 14. The van der Waals surface area contributed by atoms with Crippen LogP contribution in [0.15, 0.2) is 79.0 Å². The number of likely N-dealkylation sites (N-methyl/N-ethyl adjacent to an activating group) is 1. The monoisotopic (exact) mass is 736 g/mol. The Kier molecular flexibility index (Phi) is 12.1. The van der Waals surface area contributed by atoms with Gasteiger partial charge in [-0.3, -0.25) is 4.79 Å². The SMILES string of the molecule is CN(C)CCOc1nc2c(c(N3CCN(C=CC=O)[C@@H](CO[Si](C)(C)C(C)(C)C)C3)n1)CCN(c1cc(OCc3ccccc3)cc3ccccc13)C2. The maximum Gasteiger partial charge on any atom is 0.318 e. The molecule has 3 heterocycles. The molecule has 0 bridgehead atoms. The molecule has 53 heavy (non-hydrogen) atoms. The maximum atomic E-state index is 11.3. The second-order valence-electron chi connectivity index (χ2n) is 15.9. The Balaban J connectivity index is 1.31. The number of nitrogens with zero attached hydrogens (tertiary/aromatic N) is 6. The van der Waals surface area contributed by atoms with Crippen LogP contribution in [0.25, 0.3) is 10.8 Å². The molecule has 1 saturated heterocycles. The van der Waals surface area contributed by atoms with Crippen LogP contribution in [0.4, 0.5) is 11.5 Å². The molecule has 0 unspecified atom stereocenters. The Morgan fingerprint density at radius 2 is 1.72 bits per heavy atom. The zero-order chi connectivity index (χ0) is 37.6. The minimum atomic E-state index is -2.00. The number of fused-ring (bicyclic) bond motifs is 2. The lowest BCUT2D eigenvalue weighted by atomic mass is 10.0. The number of aromatic nitrogens is 2. The van der Waals surface area contributed by atoms with Gasteiger partial charge in [0.25, 0.3) is 0 Å². The van der Waals surface area contributed by atoms with Gasteiger partial charge in [0.1, 0.15) is 31.1 Å². The van der Waals surface area contributed by atoms with E-state index in [1.54, 1.807) is 6.08 Å². The third kappa shape index (κ3) is 9.38. The summed E-state index contributed by atoms with van der Waals surface area (Å²) >= 11 is 0. The lowest BCUT2D eigenvalue weighted by molar-refractivity contribution is -0.104. The molecular weight excluding hydrogens is 681 g/mol. The second-order valence-corrected chi connectivity index (χ2v) is 20.7.